The van der Waals surface area contributed by atoms with Crippen LogP contribution in [0.15, 0.2) is 60.8 Å². The van der Waals surface area contributed by atoms with Crippen molar-refractivity contribution >= 4 is 28.4 Å². The van der Waals surface area contributed by atoms with Gasteiger partial charge in [-0.15, -0.1) is 0 Å². The highest BCUT2D eigenvalue weighted by molar-refractivity contribution is 6.05. The standard InChI is InChI=1S/C25H24N4O3/c30-22-18-7-1-2-9-20(18)27-25(28-22)15-24(32-16-25)10-13-29(14-11-24)23(31)19-8-3-5-17-6-4-12-26-21(17)19/h1-9,12,27H,10-11,13-16H2,(H,28,30). The lowest BCUT2D eigenvalue weighted by molar-refractivity contribution is -0.0393. The molecule has 6 rings (SSSR count). The molecule has 32 heavy (non-hydrogen) atoms. The van der Waals surface area contributed by atoms with Crippen LogP contribution in [0, 0.1) is 0 Å². The number of aromatic nitrogens is 1. The summed E-state index contributed by atoms with van der Waals surface area (Å²) in [7, 11) is 0. The number of nitrogens with one attached hydrogen (secondary N) is 2. The number of piperidine rings is 1. The third-order valence-electron chi connectivity index (χ3n) is 6.97. The molecule has 3 aliphatic heterocycles. The van der Waals surface area contributed by atoms with Crippen LogP contribution in [-0.4, -0.2) is 52.7 Å². The van der Waals surface area contributed by atoms with E-state index in [-0.39, 0.29) is 17.4 Å². The number of benzene rings is 2. The molecule has 4 heterocycles. The number of pyridine rings is 1. The van der Waals surface area contributed by atoms with Gasteiger partial charge in [0.2, 0.25) is 0 Å². The van der Waals surface area contributed by atoms with Gasteiger partial charge >= 0.3 is 0 Å². The molecule has 2 spiro atoms. The summed E-state index contributed by atoms with van der Waals surface area (Å²) in [6, 6.07) is 17.1. The molecule has 2 saturated heterocycles. The highest BCUT2D eigenvalue weighted by Crippen LogP contribution is 2.43. The van der Waals surface area contributed by atoms with Gasteiger partial charge < -0.3 is 20.3 Å². The fraction of sp³-hybridized carbons (Fsp3) is 0.320. The van der Waals surface area contributed by atoms with Crippen molar-refractivity contribution in [2.45, 2.75) is 30.5 Å². The maximum Gasteiger partial charge on any atom is 0.256 e. The van der Waals surface area contributed by atoms with E-state index in [9.17, 15) is 9.59 Å². The Kier molecular flexibility index (Phi) is 4.23. The highest BCUT2D eigenvalue weighted by Gasteiger charge is 2.53. The van der Waals surface area contributed by atoms with Gasteiger partial charge in [-0.05, 0) is 37.1 Å². The van der Waals surface area contributed by atoms with Gasteiger partial charge in [-0.2, -0.15) is 0 Å². The van der Waals surface area contributed by atoms with E-state index in [1.54, 1.807) is 6.20 Å². The molecule has 0 bridgehead atoms. The fourth-order valence-electron chi connectivity index (χ4n) is 5.34. The summed E-state index contributed by atoms with van der Waals surface area (Å²) >= 11 is 0. The third-order valence-corrected chi connectivity index (χ3v) is 6.97. The molecule has 0 aliphatic carbocycles. The van der Waals surface area contributed by atoms with Crippen LogP contribution < -0.4 is 10.6 Å². The summed E-state index contributed by atoms with van der Waals surface area (Å²) in [4.78, 5) is 32.3. The third kappa shape index (κ3) is 3.04. The first-order valence-corrected chi connectivity index (χ1v) is 11.0. The molecule has 7 nitrogen and oxygen atoms in total. The Hall–Kier alpha value is -3.45. The lowest BCUT2D eigenvalue weighted by Crippen LogP contribution is -2.59. The van der Waals surface area contributed by atoms with Crippen molar-refractivity contribution in [3.63, 3.8) is 0 Å². The van der Waals surface area contributed by atoms with Gasteiger partial charge in [0, 0.05) is 36.8 Å². The molecule has 1 atom stereocenters. The average Bonchev–Trinajstić information content (AvgIpc) is 3.15. The molecular weight excluding hydrogens is 404 g/mol. The number of ether oxygens (including phenoxy) is 1. The quantitative estimate of drug-likeness (QED) is 0.622. The van der Waals surface area contributed by atoms with E-state index >= 15 is 0 Å². The number of carbonyl (C=O) groups is 2. The normalized spacial score (nSPS) is 23.8. The summed E-state index contributed by atoms with van der Waals surface area (Å²) in [5.41, 5.74) is 1.93. The van der Waals surface area contributed by atoms with Crippen LogP contribution in [0.1, 0.15) is 40.0 Å². The molecule has 2 N–H and O–H groups in total. The Morgan fingerprint density at radius 2 is 1.81 bits per heavy atom. The Bertz CT molecular complexity index is 1230. The maximum absolute atomic E-state index is 13.3. The van der Waals surface area contributed by atoms with Crippen molar-refractivity contribution < 1.29 is 14.3 Å². The number of hydrogen-bond acceptors (Lipinski definition) is 5. The van der Waals surface area contributed by atoms with Crippen LogP contribution in [0.4, 0.5) is 5.69 Å². The molecule has 2 amide bonds. The maximum atomic E-state index is 13.3. The van der Waals surface area contributed by atoms with Crippen molar-refractivity contribution in [2.75, 3.05) is 25.0 Å². The van der Waals surface area contributed by atoms with E-state index in [4.69, 9.17) is 4.74 Å². The number of fused-ring (bicyclic) bond motifs is 2. The molecule has 2 aromatic carbocycles. The second-order valence-electron chi connectivity index (χ2n) is 9.03. The first kappa shape index (κ1) is 19.3. The molecule has 1 unspecified atom stereocenters. The predicted molar refractivity (Wildman–Crippen MR) is 120 cm³/mol. The lowest BCUT2D eigenvalue weighted by atomic mass is 9.84. The first-order valence-electron chi connectivity index (χ1n) is 11.0. The van der Waals surface area contributed by atoms with Gasteiger partial charge in [-0.25, -0.2) is 0 Å². The zero-order valence-electron chi connectivity index (χ0n) is 17.6. The molecular formula is C25H24N4O3. The minimum Gasteiger partial charge on any atom is -0.370 e. The van der Waals surface area contributed by atoms with E-state index in [1.807, 2.05) is 59.5 Å². The number of hydrogen-bond donors (Lipinski definition) is 2. The van der Waals surface area contributed by atoms with E-state index < -0.39 is 5.66 Å². The lowest BCUT2D eigenvalue weighted by Gasteiger charge is -2.41. The second-order valence-corrected chi connectivity index (χ2v) is 9.03. The van der Waals surface area contributed by atoms with Crippen LogP contribution in [0.3, 0.4) is 0 Å². The number of para-hydroxylation sites is 2. The largest absolute Gasteiger partial charge is 0.370 e. The van der Waals surface area contributed by atoms with Crippen LogP contribution >= 0.6 is 0 Å². The molecule has 7 heteroatoms. The molecule has 3 aliphatic rings. The van der Waals surface area contributed by atoms with Gasteiger partial charge in [-0.3, -0.25) is 14.6 Å². The second kappa shape index (κ2) is 7.03. The predicted octanol–water partition coefficient (Wildman–Crippen LogP) is 3.18. The minimum atomic E-state index is -0.600. The molecule has 0 saturated carbocycles. The number of anilines is 1. The smallest absolute Gasteiger partial charge is 0.256 e. The summed E-state index contributed by atoms with van der Waals surface area (Å²) in [6.45, 7) is 1.64. The Balaban J connectivity index is 1.18. The number of nitrogens with zero attached hydrogens (tertiary/aromatic N) is 2. The SMILES string of the molecule is O=C1NC2(COC3(CCN(C(=O)c4cccc5cccnc45)CC3)C2)Nc2ccccc21. The zero-order chi connectivity index (χ0) is 21.8. The molecule has 0 radical (unpaired) electrons. The van der Waals surface area contributed by atoms with E-state index in [1.165, 1.54) is 0 Å². The van der Waals surface area contributed by atoms with Gasteiger partial charge in [-0.1, -0.05) is 30.3 Å². The summed E-state index contributed by atoms with van der Waals surface area (Å²) in [5.74, 6) is -0.0639. The summed E-state index contributed by atoms with van der Waals surface area (Å²) in [5, 5.41) is 7.61. The summed E-state index contributed by atoms with van der Waals surface area (Å²) in [6.07, 6.45) is 3.87. The van der Waals surface area contributed by atoms with E-state index in [2.05, 4.69) is 15.6 Å². The van der Waals surface area contributed by atoms with Crippen molar-refractivity contribution in [3.8, 4) is 0 Å². The zero-order valence-corrected chi connectivity index (χ0v) is 17.6. The monoisotopic (exact) mass is 428 g/mol. The van der Waals surface area contributed by atoms with E-state index in [0.29, 0.717) is 37.2 Å². The average molecular weight is 428 g/mol. The van der Waals surface area contributed by atoms with Crippen LogP contribution in [0.25, 0.3) is 10.9 Å². The number of carbonyl (C=O) groups excluding carboxylic acids is 2. The molecule has 162 valence electrons. The van der Waals surface area contributed by atoms with Crippen LogP contribution in [0.2, 0.25) is 0 Å². The minimum absolute atomic E-state index is 0.00915. The number of likely N-dealkylation sites (tertiary alicyclic amines) is 1. The van der Waals surface area contributed by atoms with Crippen LogP contribution in [0.5, 0.6) is 0 Å². The topological polar surface area (TPSA) is 83.6 Å². The van der Waals surface area contributed by atoms with E-state index in [0.717, 1.165) is 29.4 Å². The van der Waals surface area contributed by atoms with Gasteiger partial charge in [0.25, 0.3) is 11.8 Å². The Morgan fingerprint density at radius 1 is 1.00 bits per heavy atom. The Labute approximate surface area is 185 Å². The molecule has 1 aromatic heterocycles. The van der Waals surface area contributed by atoms with Crippen LogP contribution in [-0.2, 0) is 4.74 Å². The number of amides is 2. The number of rotatable bonds is 1. The first-order chi connectivity index (χ1) is 15.6. The molecule has 3 aromatic rings. The van der Waals surface area contributed by atoms with Crippen molar-refractivity contribution in [1.29, 1.82) is 0 Å². The van der Waals surface area contributed by atoms with Gasteiger partial charge in [0.15, 0.2) is 0 Å². The molecule has 2 fully saturated rings. The summed E-state index contributed by atoms with van der Waals surface area (Å²) < 4.78 is 6.31. The van der Waals surface area contributed by atoms with Gasteiger partial charge in [0.1, 0.15) is 5.66 Å². The van der Waals surface area contributed by atoms with Crippen molar-refractivity contribution in [2.24, 2.45) is 0 Å². The highest BCUT2D eigenvalue weighted by atomic mass is 16.5. The fourth-order valence-corrected chi connectivity index (χ4v) is 5.34. The van der Waals surface area contributed by atoms with Crippen molar-refractivity contribution in [1.82, 2.24) is 15.2 Å². The van der Waals surface area contributed by atoms with Crippen molar-refractivity contribution in [3.05, 3.63) is 71.9 Å². The van der Waals surface area contributed by atoms with Gasteiger partial charge in [0.05, 0.1) is 28.9 Å². The Morgan fingerprint density at radius 3 is 2.69 bits per heavy atom.